The van der Waals surface area contributed by atoms with Gasteiger partial charge in [-0.25, -0.2) is 0 Å². The third-order valence-electron chi connectivity index (χ3n) is 4.74. The van der Waals surface area contributed by atoms with Crippen molar-refractivity contribution in [2.45, 2.75) is 45.1 Å². The number of carbonyl (C=O) groups is 2. The van der Waals surface area contributed by atoms with Crippen LogP contribution < -0.4 is 10.6 Å². The number of hydrogen-bond donors (Lipinski definition) is 2. The summed E-state index contributed by atoms with van der Waals surface area (Å²) in [5.41, 5.74) is 2.90. The van der Waals surface area contributed by atoms with E-state index in [4.69, 9.17) is 0 Å². The summed E-state index contributed by atoms with van der Waals surface area (Å²) < 4.78 is 0. The number of carbonyl (C=O) groups excluding carboxylic acids is 2. The van der Waals surface area contributed by atoms with Crippen LogP contribution >= 0.6 is 0 Å². The Labute approximate surface area is 148 Å². The summed E-state index contributed by atoms with van der Waals surface area (Å²) in [5, 5.41) is 5.98. The molecule has 25 heavy (non-hydrogen) atoms. The van der Waals surface area contributed by atoms with E-state index in [1.807, 2.05) is 25.1 Å². The lowest BCUT2D eigenvalue weighted by Crippen LogP contribution is -2.36. The molecule has 2 N–H and O–H groups in total. The number of nitrogens with one attached hydrogen (secondary N) is 2. The van der Waals surface area contributed by atoms with Gasteiger partial charge in [0.25, 0.3) is 11.8 Å². The van der Waals surface area contributed by atoms with Gasteiger partial charge in [-0.05, 0) is 55.7 Å². The summed E-state index contributed by atoms with van der Waals surface area (Å²) in [4.78, 5) is 24.6. The molecule has 1 saturated carbocycles. The van der Waals surface area contributed by atoms with Gasteiger partial charge in [0.2, 0.25) is 0 Å². The molecule has 0 heterocycles. The maximum absolute atomic E-state index is 12.3. The van der Waals surface area contributed by atoms with Crippen molar-refractivity contribution in [2.24, 2.45) is 0 Å². The zero-order chi connectivity index (χ0) is 17.6. The van der Waals surface area contributed by atoms with E-state index in [0.717, 1.165) is 18.4 Å². The van der Waals surface area contributed by atoms with Crippen molar-refractivity contribution in [1.82, 2.24) is 5.32 Å². The second-order valence-corrected chi connectivity index (χ2v) is 6.65. The highest BCUT2D eigenvalue weighted by Crippen LogP contribution is 2.18. The smallest absolute Gasteiger partial charge is 0.255 e. The Hall–Kier alpha value is -2.62. The number of anilines is 1. The van der Waals surface area contributed by atoms with Crippen LogP contribution in [0.25, 0.3) is 0 Å². The van der Waals surface area contributed by atoms with Crippen molar-refractivity contribution in [1.29, 1.82) is 0 Å². The zero-order valence-electron chi connectivity index (χ0n) is 14.5. The quantitative estimate of drug-likeness (QED) is 0.874. The van der Waals surface area contributed by atoms with Crippen molar-refractivity contribution in [2.75, 3.05) is 5.32 Å². The molecule has 0 radical (unpaired) electrons. The minimum Gasteiger partial charge on any atom is -0.349 e. The van der Waals surface area contributed by atoms with E-state index in [1.54, 1.807) is 30.3 Å². The van der Waals surface area contributed by atoms with Crippen molar-refractivity contribution < 1.29 is 9.59 Å². The number of rotatable bonds is 4. The summed E-state index contributed by atoms with van der Waals surface area (Å²) >= 11 is 0. The standard InChI is InChI=1S/C21H24N2O2/c1-15-7-5-6-10-19(15)21(25)23-18-13-11-16(12-14-18)20(24)22-17-8-3-2-4-9-17/h5-7,10-14,17H,2-4,8-9H2,1H3,(H,22,24)(H,23,25). The average Bonchev–Trinajstić information content (AvgIpc) is 2.63. The lowest BCUT2D eigenvalue weighted by Gasteiger charge is -2.22. The Morgan fingerprint density at radius 3 is 2.24 bits per heavy atom. The fourth-order valence-corrected chi connectivity index (χ4v) is 3.25. The predicted octanol–water partition coefficient (Wildman–Crippen LogP) is 4.31. The van der Waals surface area contributed by atoms with Crippen LogP contribution in [-0.4, -0.2) is 17.9 Å². The first-order chi connectivity index (χ1) is 12.1. The van der Waals surface area contributed by atoms with Crippen LogP contribution in [0.4, 0.5) is 5.69 Å². The van der Waals surface area contributed by atoms with Gasteiger partial charge in [-0.15, -0.1) is 0 Å². The monoisotopic (exact) mass is 336 g/mol. The minimum atomic E-state index is -0.141. The number of amides is 2. The van der Waals surface area contributed by atoms with Crippen LogP contribution in [0.3, 0.4) is 0 Å². The van der Waals surface area contributed by atoms with Crippen LogP contribution in [0.15, 0.2) is 48.5 Å². The first-order valence-corrected chi connectivity index (χ1v) is 8.91. The summed E-state index contributed by atoms with van der Waals surface area (Å²) in [6.07, 6.45) is 5.78. The van der Waals surface area contributed by atoms with Gasteiger partial charge < -0.3 is 10.6 Å². The molecule has 4 nitrogen and oxygen atoms in total. The van der Waals surface area contributed by atoms with Gasteiger partial charge in [0, 0.05) is 22.9 Å². The van der Waals surface area contributed by atoms with E-state index in [2.05, 4.69) is 10.6 Å². The van der Waals surface area contributed by atoms with E-state index in [1.165, 1.54) is 19.3 Å². The summed E-state index contributed by atoms with van der Waals surface area (Å²) in [6.45, 7) is 1.91. The molecule has 0 aliphatic heterocycles. The maximum atomic E-state index is 12.3. The molecule has 3 rings (SSSR count). The van der Waals surface area contributed by atoms with Crippen molar-refractivity contribution >= 4 is 17.5 Å². The molecule has 4 heteroatoms. The lowest BCUT2D eigenvalue weighted by atomic mass is 9.95. The molecule has 0 atom stereocenters. The Morgan fingerprint density at radius 2 is 1.56 bits per heavy atom. The van der Waals surface area contributed by atoms with Crippen LogP contribution in [0.2, 0.25) is 0 Å². The van der Waals surface area contributed by atoms with Crippen LogP contribution in [0, 0.1) is 6.92 Å². The fourth-order valence-electron chi connectivity index (χ4n) is 3.25. The van der Waals surface area contributed by atoms with E-state index in [9.17, 15) is 9.59 Å². The molecule has 0 saturated heterocycles. The van der Waals surface area contributed by atoms with Gasteiger partial charge >= 0.3 is 0 Å². The summed E-state index contributed by atoms with van der Waals surface area (Å²) in [7, 11) is 0. The maximum Gasteiger partial charge on any atom is 0.255 e. The molecule has 1 fully saturated rings. The van der Waals surface area contributed by atoms with Gasteiger partial charge in [0.15, 0.2) is 0 Å². The molecule has 0 bridgehead atoms. The van der Waals surface area contributed by atoms with Crippen LogP contribution in [0.1, 0.15) is 58.4 Å². The van der Waals surface area contributed by atoms with Crippen molar-refractivity contribution in [3.63, 3.8) is 0 Å². The Balaban J connectivity index is 1.61. The molecule has 0 aromatic heterocycles. The molecule has 0 spiro atoms. The van der Waals surface area contributed by atoms with Gasteiger partial charge in [0.05, 0.1) is 0 Å². The highest BCUT2D eigenvalue weighted by Gasteiger charge is 2.16. The highest BCUT2D eigenvalue weighted by molar-refractivity contribution is 6.05. The molecular formula is C21H24N2O2. The van der Waals surface area contributed by atoms with E-state index < -0.39 is 0 Å². The predicted molar refractivity (Wildman–Crippen MR) is 99.9 cm³/mol. The third-order valence-corrected chi connectivity index (χ3v) is 4.74. The lowest BCUT2D eigenvalue weighted by molar-refractivity contribution is 0.0927. The number of benzene rings is 2. The molecule has 1 aliphatic rings. The van der Waals surface area contributed by atoms with E-state index in [0.29, 0.717) is 22.9 Å². The van der Waals surface area contributed by atoms with Crippen LogP contribution in [-0.2, 0) is 0 Å². The molecule has 0 unspecified atom stereocenters. The largest absolute Gasteiger partial charge is 0.349 e. The number of hydrogen-bond acceptors (Lipinski definition) is 2. The average molecular weight is 336 g/mol. The van der Waals surface area contributed by atoms with Gasteiger partial charge in [-0.2, -0.15) is 0 Å². The topological polar surface area (TPSA) is 58.2 Å². The second kappa shape index (κ2) is 7.97. The SMILES string of the molecule is Cc1ccccc1C(=O)Nc1ccc(C(=O)NC2CCCCC2)cc1. The molecule has 2 amide bonds. The number of aryl methyl sites for hydroxylation is 1. The Kier molecular flexibility index (Phi) is 5.49. The molecule has 1 aliphatic carbocycles. The van der Waals surface area contributed by atoms with Gasteiger partial charge in [-0.3, -0.25) is 9.59 Å². The van der Waals surface area contributed by atoms with Crippen molar-refractivity contribution in [3.05, 3.63) is 65.2 Å². The van der Waals surface area contributed by atoms with Gasteiger partial charge in [-0.1, -0.05) is 37.5 Å². The zero-order valence-corrected chi connectivity index (χ0v) is 14.5. The van der Waals surface area contributed by atoms with Crippen LogP contribution in [0.5, 0.6) is 0 Å². The third kappa shape index (κ3) is 4.47. The normalized spacial score (nSPS) is 14.8. The first kappa shape index (κ1) is 17.2. The van der Waals surface area contributed by atoms with Crippen molar-refractivity contribution in [3.8, 4) is 0 Å². The summed E-state index contributed by atoms with van der Waals surface area (Å²) in [5.74, 6) is -0.179. The van der Waals surface area contributed by atoms with Gasteiger partial charge in [0.1, 0.15) is 0 Å². The van der Waals surface area contributed by atoms with E-state index in [-0.39, 0.29) is 11.8 Å². The summed E-state index contributed by atoms with van der Waals surface area (Å²) in [6, 6.07) is 14.8. The highest BCUT2D eigenvalue weighted by atomic mass is 16.2. The molecule has 2 aromatic rings. The molecule has 2 aromatic carbocycles. The Bertz CT molecular complexity index is 747. The second-order valence-electron chi connectivity index (χ2n) is 6.65. The first-order valence-electron chi connectivity index (χ1n) is 8.91. The minimum absolute atomic E-state index is 0.0383. The molecular weight excluding hydrogens is 312 g/mol. The fraction of sp³-hybridized carbons (Fsp3) is 0.333. The Morgan fingerprint density at radius 1 is 0.880 bits per heavy atom. The molecule has 130 valence electrons. The van der Waals surface area contributed by atoms with E-state index >= 15 is 0 Å².